The molecule has 0 fully saturated rings. The molecule has 2 amide bonds. The topological polar surface area (TPSA) is 96.0 Å². The molecule has 1 unspecified atom stereocenters. The lowest BCUT2D eigenvalue weighted by Gasteiger charge is -2.32. The normalized spacial score (nSPS) is 12.1. The van der Waals surface area contributed by atoms with Crippen LogP contribution in [0.2, 0.25) is 0 Å². The standard InChI is InChI=1S/C29H34BrN3O5S/c1-5-38-26-17-15-25(16-18-26)33(39(36,37)27-9-7-6-8-10-27)20-28(34)32(22(4)29(35)31-21(2)3)19-23-11-13-24(30)14-12-23/h6-18,21-22H,5,19-20H2,1-4H3,(H,31,35). The molecule has 0 bridgehead atoms. The minimum atomic E-state index is -4.11. The van der Waals surface area contributed by atoms with Crippen LogP contribution in [-0.4, -0.2) is 50.4 Å². The first-order valence-corrected chi connectivity index (χ1v) is 14.9. The lowest BCUT2D eigenvalue weighted by molar-refractivity contribution is -0.139. The highest BCUT2D eigenvalue weighted by molar-refractivity contribution is 9.10. The van der Waals surface area contributed by atoms with Crippen LogP contribution in [0, 0.1) is 0 Å². The van der Waals surface area contributed by atoms with E-state index in [-0.39, 0.29) is 23.4 Å². The zero-order valence-corrected chi connectivity index (χ0v) is 24.9. The van der Waals surface area contributed by atoms with Gasteiger partial charge in [-0.3, -0.25) is 13.9 Å². The third kappa shape index (κ3) is 8.06. The van der Waals surface area contributed by atoms with Crippen molar-refractivity contribution in [3.63, 3.8) is 0 Å². The average molecular weight is 617 g/mol. The van der Waals surface area contributed by atoms with E-state index < -0.39 is 28.5 Å². The van der Waals surface area contributed by atoms with Crippen molar-refractivity contribution in [2.75, 3.05) is 17.5 Å². The summed E-state index contributed by atoms with van der Waals surface area (Å²) in [7, 11) is -4.11. The fourth-order valence-corrected chi connectivity index (χ4v) is 5.60. The molecule has 0 aliphatic rings. The van der Waals surface area contributed by atoms with E-state index in [4.69, 9.17) is 4.74 Å². The molecular formula is C29H34BrN3O5S. The number of hydrogen-bond acceptors (Lipinski definition) is 5. The van der Waals surface area contributed by atoms with E-state index in [1.54, 1.807) is 49.4 Å². The van der Waals surface area contributed by atoms with Crippen LogP contribution in [0.15, 0.2) is 88.2 Å². The van der Waals surface area contributed by atoms with Gasteiger partial charge in [0.25, 0.3) is 10.0 Å². The molecule has 0 aliphatic heterocycles. The van der Waals surface area contributed by atoms with E-state index >= 15 is 0 Å². The molecule has 0 aliphatic carbocycles. The molecule has 208 valence electrons. The number of halogens is 1. The van der Waals surface area contributed by atoms with Crippen molar-refractivity contribution in [3.8, 4) is 5.75 Å². The Balaban J connectivity index is 2.01. The Labute approximate surface area is 239 Å². The molecule has 1 N–H and O–H groups in total. The number of rotatable bonds is 12. The van der Waals surface area contributed by atoms with E-state index in [2.05, 4.69) is 21.2 Å². The zero-order chi connectivity index (χ0) is 28.6. The number of anilines is 1. The van der Waals surface area contributed by atoms with Gasteiger partial charge < -0.3 is 15.0 Å². The molecule has 3 aromatic carbocycles. The van der Waals surface area contributed by atoms with Gasteiger partial charge >= 0.3 is 0 Å². The fourth-order valence-electron chi connectivity index (χ4n) is 3.90. The second kappa shape index (κ2) is 13.6. The molecule has 10 heteroatoms. The highest BCUT2D eigenvalue weighted by Gasteiger charge is 2.32. The molecule has 0 heterocycles. The van der Waals surface area contributed by atoms with Gasteiger partial charge in [-0.05, 0) is 81.8 Å². The SMILES string of the molecule is CCOc1ccc(N(CC(=O)N(Cc2ccc(Br)cc2)C(C)C(=O)NC(C)C)S(=O)(=O)c2ccccc2)cc1. The summed E-state index contributed by atoms with van der Waals surface area (Å²) in [6, 6.07) is 20.9. The number of nitrogens with one attached hydrogen (secondary N) is 1. The second-order valence-corrected chi connectivity index (χ2v) is 12.0. The molecule has 1 atom stereocenters. The van der Waals surface area contributed by atoms with Crippen LogP contribution >= 0.6 is 15.9 Å². The number of ether oxygens (including phenoxy) is 1. The minimum Gasteiger partial charge on any atom is -0.494 e. The van der Waals surface area contributed by atoms with Gasteiger partial charge in [-0.15, -0.1) is 0 Å². The van der Waals surface area contributed by atoms with E-state index in [0.29, 0.717) is 18.0 Å². The molecule has 0 saturated carbocycles. The molecular weight excluding hydrogens is 582 g/mol. The summed E-state index contributed by atoms with van der Waals surface area (Å²) in [5.41, 5.74) is 1.10. The van der Waals surface area contributed by atoms with Crippen molar-refractivity contribution >= 4 is 43.5 Å². The Morgan fingerprint density at radius 1 is 0.923 bits per heavy atom. The van der Waals surface area contributed by atoms with Crippen molar-refractivity contribution in [1.82, 2.24) is 10.2 Å². The summed E-state index contributed by atoms with van der Waals surface area (Å²) in [4.78, 5) is 28.3. The number of amides is 2. The Bertz CT molecular complexity index is 1350. The Morgan fingerprint density at radius 2 is 1.54 bits per heavy atom. The molecule has 3 rings (SSSR count). The third-order valence-electron chi connectivity index (χ3n) is 5.91. The third-order valence-corrected chi connectivity index (χ3v) is 8.23. The lowest BCUT2D eigenvalue weighted by Crippen LogP contribution is -2.52. The number of nitrogens with zero attached hydrogens (tertiary/aromatic N) is 2. The minimum absolute atomic E-state index is 0.0525. The van der Waals surface area contributed by atoms with E-state index in [9.17, 15) is 18.0 Å². The van der Waals surface area contributed by atoms with E-state index in [1.807, 2.05) is 45.0 Å². The predicted octanol–water partition coefficient (Wildman–Crippen LogP) is 4.99. The van der Waals surface area contributed by atoms with Crippen molar-refractivity contribution < 1.29 is 22.7 Å². The summed E-state index contributed by atoms with van der Waals surface area (Å²) in [6.07, 6.45) is 0. The van der Waals surface area contributed by atoms with Crippen LogP contribution in [0.5, 0.6) is 5.75 Å². The van der Waals surface area contributed by atoms with Gasteiger partial charge in [0.1, 0.15) is 18.3 Å². The Kier molecular flexibility index (Phi) is 10.5. The number of sulfonamides is 1. The summed E-state index contributed by atoms with van der Waals surface area (Å²) in [6.45, 7) is 7.27. The van der Waals surface area contributed by atoms with Gasteiger partial charge in [-0.1, -0.05) is 46.3 Å². The maximum absolute atomic E-state index is 13.9. The quantitative estimate of drug-likeness (QED) is 0.310. The summed E-state index contributed by atoms with van der Waals surface area (Å²) in [5.74, 6) is -0.257. The van der Waals surface area contributed by atoms with Gasteiger partial charge in [0, 0.05) is 17.1 Å². The smallest absolute Gasteiger partial charge is 0.264 e. The zero-order valence-electron chi connectivity index (χ0n) is 22.5. The largest absolute Gasteiger partial charge is 0.494 e. The maximum atomic E-state index is 13.9. The number of benzene rings is 3. The average Bonchev–Trinajstić information content (AvgIpc) is 2.91. The van der Waals surface area contributed by atoms with Crippen LogP contribution < -0.4 is 14.4 Å². The van der Waals surface area contributed by atoms with Crippen molar-refractivity contribution in [2.45, 2.75) is 51.2 Å². The van der Waals surface area contributed by atoms with Crippen molar-refractivity contribution in [3.05, 3.63) is 88.9 Å². The number of hydrogen-bond donors (Lipinski definition) is 1. The van der Waals surface area contributed by atoms with Gasteiger partial charge in [0.2, 0.25) is 11.8 Å². The van der Waals surface area contributed by atoms with Crippen LogP contribution in [0.4, 0.5) is 5.69 Å². The molecule has 0 spiro atoms. The second-order valence-electron chi connectivity index (χ2n) is 9.24. The summed E-state index contributed by atoms with van der Waals surface area (Å²) < 4.78 is 35.0. The van der Waals surface area contributed by atoms with Crippen LogP contribution in [0.3, 0.4) is 0 Å². The molecule has 0 radical (unpaired) electrons. The maximum Gasteiger partial charge on any atom is 0.264 e. The van der Waals surface area contributed by atoms with E-state index in [0.717, 1.165) is 14.3 Å². The summed E-state index contributed by atoms with van der Waals surface area (Å²) >= 11 is 3.41. The predicted molar refractivity (Wildman–Crippen MR) is 156 cm³/mol. The fraction of sp³-hybridized carbons (Fsp3) is 0.310. The van der Waals surface area contributed by atoms with Crippen LogP contribution in [0.25, 0.3) is 0 Å². The molecule has 0 saturated heterocycles. The van der Waals surface area contributed by atoms with Gasteiger partial charge in [-0.2, -0.15) is 0 Å². The van der Waals surface area contributed by atoms with Crippen molar-refractivity contribution in [2.24, 2.45) is 0 Å². The first-order chi connectivity index (χ1) is 18.5. The van der Waals surface area contributed by atoms with Gasteiger partial charge in [0.05, 0.1) is 17.2 Å². The molecule has 0 aromatic heterocycles. The monoisotopic (exact) mass is 615 g/mol. The van der Waals surface area contributed by atoms with Crippen LogP contribution in [-0.2, 0) is 26.2 Å². The first kappa shape index (κ1) is 30.2. The molecule has 39 heavy (non-hydrogen) atoms. The summed E-state index contributed by atoms with van der Waals surface area (Å²) in [5, 5.41) is 2.85. The highest BCUT2D eigenvalue weighted by atomic mass is 79.9. The van der Waals surface area contributed by atoms with Crippen LogP contribution in [0.1, 0.15) is 33.3 Å². The number of carbonyl (C=O) groups excluding carboxylic acids is 2. The lowest BCUT2D eigenvalue weighted by atomic mass is 10.1. The first-order valence-electron chi connectivity index (χ1n) is 12.7. The number of carbonyl (C=O) groups is 2. The van der Waals surface area contributed by atoms with Crippen molar-refractivity contribution in [1.29, 1.82) is 0 Å². The van der Waals surface area contributed by atoms with Gasteiger partial charge in [0.15, 0.2) is 0 Å². The Hall–Kier alpha value is -3.37. The van der Waals surface area contributed by atoms with E-state index in [1.165, 1.54) is 17.0 Å². The molecule has 8 nitrogen and oxygen atoms in total. The molecule has 3 aromatic rings. The highest BCUT2D eigenvalue weighted by Crippen LogP contribution is 2.26. The van der Waals surface area contributed by atoms with Gasteiger partial charge in [-0.25, -0.2) is 8.42 Å². The Morgan fingerprint density at radius 3 is 2.10 bits per heavy atom.